The average molecular weight is 250 g/mol. The lowest BCUT2D eigenvalue weighted by atomic mass is 10.1. The summed E-state index contributed by atoms with van der Waals surface area (Å²) in [7, 11) is 1.72. The van der Waals surface area contributed by atoms with Crippen molar-refractivity contribution in [3.05, 3.63) is 29.3 Å². The van der Waals surface area contributed by atoms with E-state index in [1.54, 1.807) is 7.11 Å². The molecule has 1 rings (SSSR count). The van der Waals surface area contributed by atoms with Crippen molar-refractivity contribution >= 4 is 0 Å². The fraction of sp³-hybridized carbons (Fsp3) is 0.600. The zero-order chi connectivity index (χ0) is 13.4. The summed E-state index contributed by atoms with van der Waals surface area (Å²) in [5.41, 5.74) is 2.49. The fourth-order valence-electron chi connectivity index (χ4n) is 1.84. The molecule has 0 aliphatic rings. The van der Waals surface area contributed by atoms with Crippen LogP contribution in [-0.2, 0) is 6.54 Å². The van der Waals surface area contributed by atoms with E-state index in [2.05, 4.69) is 43.5 Å². The normalized spacial score (nSPS) is 10.9. The molecular weight excluding hydrogens is 224 g/mol. The zero-order valence-electron chi connectivity index (χ0n) is 12.0. The Hall–Kier alpha value is -1.06. The van der Waals surface area contributed by atoms with Crippen molar-refractivity contribution in [1.29, 1.82) is 0 Å². The first-order valence-electron chi connectivity index (χ1n) is 6.68. The molecule has 0 heterocycles. The maximum atomic E-state index is 5.35. The average Bonchev–Trinajstić information content (AvgIpc) is 2.33. The van der Waals surface area contributed by atoms with Gasteiger partial charge in [-0.25, -0.2) is 0 Å². The Morgan fingerprint density at radius 2 is 1.89 bits per heavy atom. The Balaban J connectivity index is 2.28. The molecule has 0 aromatic heterocycles. The van der Waals surface area contributed by atoms with Crippen LogP contribution in [0.4, 0.5) is 0 Å². The van der Waals surface area contributed by atoms with Gasteiger partial charge < -0.3 is 15.4 Å². The molecule has 0 amide bonds. The maximum absolute atomic E-state index is 5.35. The summed E-state index contributed by atoms with van der Waals surface area (Å²) >= 11 is 0. The van der Waals surface area contributed by atoms with Gasteiger partial charge >= 0.3 is 0 Å². The van der Waals surface area contributed by atoms with E-state index in [9.17, 15) is 0 Å². The second-order valence-electron chi connectivity index (χ2n) is 5.09. The third kappa shape index (κ3) is 5.52. The zero-order valence-corrected chi connectivity index (χ0v) is 12.0. The van der Waals surface area contributed by atoms with Gasteiger partial charge in [0.15, 0.2) is 0 Å². The number of rotatable bonds is 8. The smallest absolute Gasteiger partial charge is 0.123 e. The summed E-state index contributed by atoms with van der Waals surface area (Å²) in [6.07, 6.45) is 0. The SMILES string of the molecule is COc1ccc(C)cc1CNCCNCC(C)C. The number of benzene rings is 1. The number of nitrogens with one attached hydrogen (secondary N) is 2. The molecule has 0 spiro atoms. The van der Waals surface area contributed by atoms with Crippen LogP contribution in [0.3, 0.4) is 0 Å². The number of methoxy groups -OCH3 is 1. The predicted molar refractivity (Wildman–Crippen MR) is 77.1 cm³/mol. The minimum absolute atomic E-state index is 0.710. The minimum Gasteiger partial charge on any atom is -0.496 e. The fourth-order valence-corrected chi connectivity index (χ4v) is 1.84. The van der Waals surface area contributed by atoms with Gasteiger partial charge in [0.05, 0.1) is 7.11 Å². The van der Waals surface area contributed by atoms with Crippen LogP contribution in [0, 0.1) is 12.8 Å². The Morgan fingerprint density at radius 3 is 2.56 bits per heavy atom. The van der Waals surface area contributed by atoms with Gasteiger partial charge in [0.1, 0.15) is 5.75 Å². The minimum atomic E-state index is 0.710. The summed E-state index contributed by atoms with van der Waals surface area (Å²) in [6.45, 7) is 10.5. The summed E-state index contributed by atoms with van der Waals surface area (Å²) in [5, 5.41) is 6.85. The van der Waals surface area contributed by atoms with E-state index in [-0.39, 0.29) is 0 Å². The van der Waals surface area contributed by atoms with E-state index in [4.69, 9.17) is 4.74 Å². The lowest BCUT2D eigenvalue weighted by Gasteiger charge is -2.11. The Morgan fingerprint density at radius 1 is 1.17 bits per heavy atom. The second-order valence-corrected chi connectivity index (χ2v) is 5.09. The van der Waals surface area contributed by atoms with Gasteiger partial charge in [-0.15, -0.1) is 0 Å². The molecule has 0 aliphatic heterocycles. The number of ether oxygens (including phenoxy) is 1. The van der Waals surface area contributed by atoms with Crippen molar-refractivity contribution < 1.29 is 4.74 Å². The highest BCUT2D eigenvalue weighted by Crippen LogP contribution is 2.19. The first-order valence-corrected chi connectivity index (χ1v) is 6.68. The van der Waals surface area contributed by atoms with Gasteiger partial charge in [-0.3, -0.25) is 0 Å². The molecule has 0 unspecified atom stereocenters. The summed E-state index contributed by atoms with van der Waals surface area (Å²) in [4.78, 5) is 0. The van der Waals surface area contributed by atoms with Crippen molar-refractivity contribution in [1.82, 2.24) is 10.6 Å². The first kappa shape index (κ1) is 15.0. The monoisotopic (exact) mass is 250 g/mol. The molecule has 0 radical (unpaired) electrons. The molecule has 2 N–H and O–H groups in total. The van der Waals surface area contributed by atoms with E-state index < -0.39 is 0 Å². The van der Waals surface area contributed by atoms with Gasteiger partial charge in [0, 0.05) is 25.2 Å². The van der Waals surface area contributed by atoms with Crippen LogP contribution >= 0.6 is 0 Å². The third-order valence-corrected chi connectivity index (χ3v) is 2.78. The van der Waals surface area contributed by atoms with Crippen LogP contribution in [0.5, 0.6) is 5.75 Å². The Bertz CT molecular complexity index is 350. The highest BCUT2D eigenvalue weighted by Gasteiger charge is 2.02. The van der Waals surface area contributed by atoms with Crippen LogP contribution in [0.2, 0.25) is 0 Å². The van der Waals surface area contributed by atoms with Crippen molar-refractivity contribution in [2.24, 2.45) is 5.92 Å². The molecule has 18 heavy (non-hydrogen) atoms. The van der Waals surface area contributed by atoms with Crippen LogP contribution in [0.15, 0.2) is 18.2 Å². The molecule has 3 heteroatoms. The van der Waals surface area contributed by atoms with Gasteiger partial charge in [0.2, 0.25) is 0 Å². The van der Waals surface area contributed by atoms with Crippen LogP contribution in [0.25, 0.3) is 0 Å². The van der Waals surface area contributed by atoms with Crippen molar-refractivity contribution in [3.63, 3.8) is 0 Å². The van der Waals surface area contributed by atoms with Crippen LogP contribution < -0.4 is 15.4 Å². The molecule has 1 aromatic carbocycles. The van der Waals surface area contributed by atoms with Gasteiger partial charge in [-0.1, -0.05) is 31.5 Å². The quantitative estimate of drug-likeness (QED) is 0.695. The molecule has 1 aromatic rings. The molecular formula is C15H26N2O. The lowest BCUT2D eigenvalue weighted by Crippen LogP contribution is -2.29. The molecule has 102 valence electrons. The third-order valence-electron chi connectivity index (χ3n) is 2.78. The van der Waals surface area contributed by atoms with E-state index in [1.807, 2.05) is 6.07 Å². The highest BCUT2D eigenvalue weighted by molar-refractivity contribution is 5.36. The summed E-state index contributed by atoms with van der Waals surface area (Å²) in [6, 6.07) is 6.28. The largest absolute Gasteiger partial charge is 0.496 e. The van der Waals surface area contributed by atoms with E-state index in [0.717, 1.165) is 31.9 Å². The van der Waals surface area contributed by atoms with E-state index in [0.29, 0.717) is 5.92 Å². The molecule has 0 aliphatic carbocycles. The topological polar surface area (TPSA) is 33.3 Å². The second kappa shape index (κ2) is 8.11. The van der Waals surface area contributed by atoms with E-state index >= 15 is 0 Å². The molecule has 0 atom stereocenters. The predicted octanol–water partition coefficient (Wildman–Crippen LogP) is 2.34. The molecule has 0 fully saturated rings. The molecule has 0 saturated heterocycles. The highest BCUT2D eigenvalue weighted by atomic mass is 16.5. The van der Waals surface area contributed by atoms with Crippen LogP contribution in [-0.4, -0.2) is 26.7 Å². The molecule has 0 bridgehead atoms. The first-order chi connectivity index (χ1) is 8.63. The van der Waals surface area contributed by atoms with Crippen LogP contribution in [0.1, 0.15) is 25.0 Å². The Labute approximate surface area is 111 Å². The molecule has 3 nitrogen and oxygen atoms in total. The Kier molecular flexibility index (Phi) is 6.76. The number of hydrogen-bond acceptors (Lipinski definition) is 3. The summed E-state index contributed by atoms with van der Waals surface area (Å²) in [5.74, 6) is 1.67. The van der Waals surface area contributed by atoms with Crippen molar-refractivity contribution in [3.8, 4) is 5.75 Å². The molecule has 0 saturated carbocycles. The maximum Gasteiger partial charge on any atom is 0.123 e. The standard InChI is InChI=1S/C15H26N2O/c1-12(2)10-16-7-8-17-11-14-9-13(3)5-6-15(14)18-4/h5-6,9,12,16-17H,7-8,10-11H2,1-4H3. The van der Waals surface area contributed by atoms with Crippen molar-refractivity contribution in [2.75, 3.05) is 26.7 Å². The lowest BCUT2D eigenvalue weighted by molar-refractivity contribution is 0.407. The van der Waals surface area contributed by atoms with E-state index in [1.165, 1.54) is 11.1 Å². The number of hydrogen-bond donors (Lipinski definition) is 2. The number of aryl methyl sites for hydroxylation is 1. The van der Waals surface area contributed by atoms with Gasteiger partial charge in [0.25, 0.3) is 0 Å². The van der Waals surface area contributed by atoms with Gasteiger partial charge in [-0.05, 0) is 25.5 Å². The van der Waals surface area contributed by atoms with Gasteiger partial charge in [-0.2, -0.15) is 0 Å². The summed E-state index contributed by atoms with van der Waals surface area (Å²) < 4.78 is 5.35. The van der Waals surface area contributed by atoms with Crippen molar-refractivity contribution in [2.45, 2.75) is 27.3 Å².